The summed E-state index contributed by atoms with van der Waals surface area (Å²) in [5, 5.41) is 3.59. The molecule has 2 aromatic carbocycles. The first-order chi connectivity index (χ1) is 25.1. The molecule has 3 rings (SSSR count). The fourth-order valence-corrected chi connectivity index (χ4v) is 6.99. The van der Waals surface area contributed by atoms with E-state index in [0.717, 1.165) is 11.1 Å². The molecule has 0 spiro atoms. The first kappa shape index (κ1) is 43.1. The predicted molar refractivity (Wildman–Crippen MR) is 205 cm³/mol. The average molecular weight is 752 g/mol. The van der Waals surface area contributed by atoms with E-state index < -0.39 is 41.6 Å². The van der Waals surface area contributed by atoms with Crippen LogP contribution in [-0.2, 0) is 48.0 Å². The summed E-state index contributed by atoms with van der Waals surface area (Å²) in [6.07, 6.45) is 0.132. The zero-order chi connectivity index (χ0) is 39.1. The summed E-state index contributed by atoms with van der Waals surface area (Å²) in [5.74, 6) is -1.73. The van der Waals surface area contributed by atoms with E-state index in [-0.39, 0.29) is 36.7 Å². The van der Waals surface area contributed by atoms with Crippen LogP contribution >= 0.6 is 11.3 Å². The molecule has 53 heavy (non-hydrogen) atoms. The molecule has 1 heterocycles. The van der Waals surface area contributed by atoms with E-state index >= 15 is 0 Å². The van der Waals surface area contributed by atoms with Crippen LogP contribution in [0.3, 0.4) is 0 Å². The number of rotatable bonds is 19. The number of amides is 2. The summed E-state index contributed by atoms with van der Waals surface area (Å²) in [7, 11) is 1.67. The third-order valence-electron chi connectivity index (χ3n) is 8.49. The van der Waals surface area contributed by atoms with E-state index in [2.05, 4.69) is 5.32 Å². The van der Waals surface area contributed by atoms with Crippen molar-refractivity contribution in [1.29, 1.82) is 0 Å². The second-order valence-corrected chi connectivity index (χ2v) is 15.7. The van der Waals surface area contributed by atoms with Gasteiger partial charge >= 0.3 is 18.0 Å². The van der Waals surface area contributed by atoms with Crippen LogP contribution in [-0.4, -0.2) is 71.8 Å². The quantitative estimate of drug-likeness (QED) is 0.0743. The number of esters is 2. The molecule has 0 aliphatic heterocycles. The summed E-state index contributed by atoms with van der Waals surface area (Å²) in [5.41, 5.74) is 1.54. The van der Waals surface area contributed by atoms with Crippen molar-refractivity contribution in [3.8, 4) is 0 Å². The van der Waals surface area contributed by atoms with Crippen LogP contribution in [0.15, 0.2) is 60.7 Å². The Labute approximate surface area is 318 Å². The average Bonchev–Trinajstić information content (AvgIpc) is 3.52. The molecule has 4 atom stereocenters. The Morgan fingerprint density at radius 2 is 1.55 bits per heavy atom. The normalized spacial score (nSPS) is 13.8. The molecular weight excluding hydrogens is 695 g/mol. The van der Waals surface area contributed by atoms with Crippen molar-refractivity contribution in [1.82, 2.24) is 15.2 Å². The SMILES string of the molecule is CCOC(=O)[C@@H](C)C[C@H](Cc1ccccc1)NC(=O)c1nc([C@@H](C[C@H](C(C)C)N(C)C(=O)OC(C)(C)C)OC(C)=O)sc1CCOCc1ccccc1. The molecule has 0 radical (unpaired) electrons. The summed E-state index contributed by atoms with van der Waals surface area (Å²) in [6.45, 7) is 15.3. The zero-order valence-electron chi connectivity index (χ0n) is 32.7. The van der Waals surface area contributed by atoms with Gasteiger partial charge in [0.2, 0.25) is 0 Å². The second kappa shape index (κ2) is 20.8. The summed E-state index contributed by atoms with van der Waals surface area (Å²) < 4.78 is 22.8. The molecule has 290 valence electrons. The van der Waals surface area contributed by atoms with Crippen molar-refractivity contribution < 1.29 is 38.1 Å². The van der Waals surface area contributed by atoms with Gasteiger partial charge in [0.05, 0.1) is 25.7 Å². The van der Waals surface area contributed by atoms with Gasteiger partial charge in [-0.25, -0.2) is 9.78 Å². The van der Waals surface area contributed by atoms with Crippen molar-refractivity contribution in [3.05, 3.63) is 87.4 Å². The molecule has 0 bridgehead atoms. The highest BCUT2D eigenvalue weighted by Crippen LogP contribution is 2.33. The molecule has 0 aliphatic rings. The predicted octanol–water partition coefficient (Wildman–Crippen LogP) is 7.72. The molecule has 1 N–H and O–H groups in total. The van der Waals surface area contributed by atoms with Gasteiger partial charge in [0.15, 0.2) is 6.10 Å². The number of hydrogen-bond acceptors (Lipinski definition) is 10. The van der Waals surface area contributed by atoms with Crippen LogP contribution in [0, 0.1) is 11.8 Å². The van der Waals surface area contributed by atoms with Crippen molar-refractivity contribution in [2.24, 2.45) is 11.8 Å². The minimum atomic E-state index is -0.843. The van der Waals surface area contributed by atoms with Crippen molar-refractivity contribution in [2.45, 2.75) is 111 Å². The Morgan fingerprint density at radius 1 is 0.925 bits per heavy atom. The van der Waals surface area contributed by atoms with Gasteiger partial charge in [0.25, 0.3) is 5.91 Å². The Kier molecular flexibility index (Phi) is 16.9. The number of ether oxygens (including phenoxy) is 4. The van der Waals surface area contributed by atoms with Crippen LogP contribution in [0.1, 0.15) is 106 Å². The number of hydrogen-bond donors (Lipinski definition) is 1. The van der Waals surface area contributed by atoms with Crippen molar-refractivity contribution in [3.63, 3.8) is 0 Å². The number of nitrogens with one attached hydrogen (secondary N) is 1. The molecule has 3 aromatic rings. The van der Waals surface area contributed by atoms with E-state index in [9.17, 15) is 19.2 Å². The molecule has 2 amide bonds. The molecule has 0 saturated heterocycles. The summed E-state index contributed by atoms with van der Waals surface area (Å²) in [6, 6.07) is 18.8. The van der Waals surface area contributed by atoms with Gasteiger partial charge in [-0.2, -0.15) is 0 Å². The monoisotopic (exact) mass is 751 g/mol. The second-order valence-electron chi connectivity index (χ2n) is 14.6. The fraction of sp³-hybridized carbons (Fsp3) is 0.537. The maximum Gasteiger partial charge on any atom is 0.410 e. The van der Waals surface area contributed by atoms with Crippen LogP contribution < -0.4 is 5.32 Å². The minimum absolute atomic E-state index is 0.0284. The summed E-state index contributed by atoms with van der Waals surface area (Å²) >= 11 is 1.29. The first-order valence-corrected chi connectivity index (χ1v) is 19.1. The topological polar surface area (TPSA) is 133 Å². The maximum absolute atomic E-state index is 14.2. The smallest absolute Gasteiger partial charge is 0.410 e. The Balaban J connectivity index is 1.97. The van der Waals surface area contributed by atoms with Crippen molar-refractivity contribution >= 4 is 35.3 Å². The Morgan fingerprint density at radius 3 is 2.11 bits per heavy atom. The van der Waals surface area contributed by atoms with Crippen LogP contribution in [0.4, 0.5) is 4.79 Å². The number of thiazole rings is 1. The first-order valence-electron chi connectivity index (χ1n) is 18.3. The fourth-order valence-electron chi connectivity index (χ4n) is 5.90. The van der Waals surface area contributed by atoms with E-state index in [1.54, 1.807) is 41.7 Å². The number of nitrogens with zero attached hydrogens (tertiary/aromatic N) is 2. The lowest BCUT2D eigenvalue weighted by atomic mass is 9.96. The zero-order valence-corrected chi connectivity index (χ0v) is 33.5. The third kappa shape index (κ3) is 14.6. The highest BCUT2D eigenvalue weighted by molar-refractivity contribution is 7.12. The van der Waals surface area contributed by atoms with E-state index in [1.165, 1.54) is 23.2 Å². The van der Waals surface area contributed by atoms with Gasteiger partial charge in [-0.05, 0) is 57.6 Å². The lowest BCUT2D eigenvalue weighted by Gasteiger charge is -2.34. The molecule has 0 aliphatic carbocycles. The number of aromatic nitrogens is 1. The number of carbonyl (C=O) groups excluding carboxylic acids is 4. The Hall–Kier alpha value is -4.29. The van der Waals surface area contributed by atoms with Gasteiger partial charge in [0.1, 0.15) is 16.3 Å². The molecule has 11 nitrogen and oxygen atoms in total. The van der Waals surface area contributed by atoms with Crippen LogP contribution in [0.2, 0.25) is 0 Å². The molecule has 0 fully saturated rings. The van der Waals surface area contributed by atoms with E-state index in [1.807, 2.05) is 74.5 Å². The lowest BCUT2D eigenvalue weighted by molar-refractivity contribution is -0.148. The Bertz CT molecular complexity index is 1610. The van der Waals surface area contributed by atoms with Gasteiger partial charge < -0.3 is 29.2 Å². The standard InChI is InChI=1S/C41H57N3O8S/c1-10-50-39(47)28(4)23-32(24-30-17-13-11-14-18-30)42-37(46)36-35(21-22-49-26-31-19-15-12-16-20-31)53-38(43-36)34(51-29(5)45)25-33(27(2)3)44(9)40(48)52-41(6,7)8/h11-20,27-28,32-34H,10,21-26H2,1-9H3,(H,42,46)/t28-,32+,33+,34+/m0/s1. The number of benzene rings is 2. The molecule has 0 saturated carbocycles. The van der Waals surface area contributed by atoms with Crippen LogP contribution in [0.25, 0.3) is 0 Å². The molecule has 12 heteroatoms. The van der Waals surface area contributed by atoms with Gasteiger partial charge in [-0.3, -0.25) is 14.4 Å². The van der Waals surface area contributed by atoms with E-state index in [4.69, 9.17) is 23.9 Å². The maximum atomic E-state index is 14.2. The van der Waals surface area contributed by atoms with E-state index in [0.29, 0.717) is 42.4 Å². The molecule has 0 unspecified atom stereocenters. The molecular formula is C41H57N3O8S. The van der Waals surface area contributed by atoms with Gasteiger partial charge in [-0.1, -0.05) is 81.4 Å². The largest absolute Gasteiger partial charge is 0.466 e. The van der Waals surface area contributed by atoms with Crippen molar-refractivity contribution in [2.75, 3.05) is 20.3 Å². The van der Waals surface area contributed by atoms with Gasteiger partial charge in [-0.15, -0.1) is 11.3 Å². The molecule has 1 aromatic heterocycles. The minimum Gasteiger partial charge on any atom is -0.466 e. The summed E-state index contributed by atoms with van der Waals surface area (Å²) in [4.78, 5) is 59.5. The highest BCUT2D eigenvalue weighted by atomic mass is 32.1. The van der Waals surface area contributed by atoms with Crippen LogP contribution in [0.5, 0.6) is 0 Å². The number of carbonyl (C=O) groups is 4. The highest BCUT2D eigenvalue weighted by Gasteiger charge is 2.34. The lowest BCUT2D eigenvalue weighted by Crippen LogP contribution is -2.44. The third-order valence-corrected chi connectivity index (χ3v) is 9.70. The van der Waals surface area contributed by atoms with Gasteiger partial charge in [0, 0.05) is 43.8 Å².